The maximum atomic E-state index is 13.7. The summed E-state index contributed by atoms with van der Waals surface area (Å²) >= 11 is 3.21. The molecule has 1 aromatic carbocycles. The van der Waals surface area contributed by atoms with E-state index in [2.05, 4.69) is 20.7 Å². The molecule has 0 heterocycles. The van der Waals surface area contributed by atoms with Gasteiger partial charge in [-0.05, 0) is 24.1 Å². The summed E-state index contributed by atoms with van der Waals surface area (Å²) in [4.78, 5) is 11.6. The molecule has 3 nitrogen and oxygen atoms in total. The number of halogens is 2. The highest BCUT2D eigenvalue weighted by atomic mass is 79.9. The van der Waals surface area contributed by atoms with Gasteiger partial charge in [0.15, 0.2) is 0 Å². The molecule has 1 rings (SSSR count). The maximum Gasteiger partial charge on any atom is 0.311 e. The first-order chi connectivity index (χ1) is 8.38. The molecule has 2 atom stereocenters. The topological polar surface area (TPSA) is 46.5 Å². The first kappa shape index (κ1) is 15.1. The van der Waals surface area contributed by atoms with Crippen molar-refractivity contribution in [2.75, 3.05) is 7.11 Å². The normalized spacial score (nSPS) is 14.4. The molecule has 0 aromatic heterocycles. The molecule has 1 N–H and O–H groups in total. The van der Waals surface area contributed by atoms with E-state index in [-0.39, 0.29) is 11.5 Å². The number of aliphatic hydroxyl groups excluding tert-OH is 1. The lowest BCUT2D eigenvalue weighted by Crippen LogP contribution is -2.28. The standard InChI is InChI=1S/C13H16BrFO3/c1-7(2)11(13(17)18-3)12(16)9-6-8(14)4-5-10(9)15/h4-7,11-12,16H,1-3H3. The van der Waals surface area contributed by atoms with E-state index in [1.54, 1.807) is 13.8 Å². The van der Waals surface area contributed by atoms with E-state index in [4.69, 9.17) is 0 Å². The number of ether oxygens (including phenoxy) is 1. The van der Waals surface area contributed by atoms with Crippen LogP contribution in [0.1, 0.15) is 25.5 Å². The second-order valence-corrected chi connectivity index (χ2v) is 5.32. The van der Waals surface area contributed by atoms with Gasteiger partial charge in [0.2, 0.25) is 0 Å². The van der Waals surface area contributed by atoms with Gasteiger partial charge in [-0.25, -0.2) is 4.39 Å². The Kier molecular flexibility index (Phi) is 5.28. The van der Waals surface area contributed by atoms with Crippen LogP contribution >= 0.6 is 15.9 Å². The number of rotatable bonds is 4. The van der Waals surface area contributed by atoms with Gasteiger partial charge in [0.25, 0.3) is 0 Å². The van der Waals surface area contributed by atoms with Crippen LogP contribution in [0.5, 0.6) is 0 Å². The minimum atomic E-state index is -1.23. The largest absolute Gasteiger partial charge is 0.469 e. The Labute approximate surface area is 114 Å². The number of methoxy groups -OCH3 is 1. The number of carbonyl (C=O) groups excluding carboxylic acids is 1. The van der Waals surface area contributed by atoms with Crippen LogP contribution in [0.15, 0.2) is 22.7 Å². The zero-order chi connectivity index (χ0) is 13.9. The van der Waals surface area contributed by atoms with Gasteiger partial charge in [-0.2, -0.15) is 0 Å². The summed E-state index contributed by atoms with van der Waals surface area (Å²) in [7, 11) is 1.25. The lowest BCUT2D eigenvalue weighted by atomic mass is 9.86. The van der Waals surface area contributed by atoms with Gasteiger partial charge in [0.1, 0.15) is 5.82 Å². The molecule has 0 amide bonds. The number of carbonyl (C=O) groups is 1. The smallest absolute Gasteiger partial charge is 0.311 e. The third-order valence-corrected chi connectivity index (χ3v) is 3.30. The van der Waals surface area contributed by atoms with Gasteiger partial charge in [-0.3, -0.25) is 4.79 Å². The molecule has 0 fully saturated rings. The van der Waals surface area contributed by atoms with Crippen molar-refractivity contribution >= 4 is 21.9 Å². The molecule has 2 unspecified atom stereocenters. The first-order valence-corrected chi connectivity index (χ1v) is 6.38. The highest BCUT2D eigenvalue weighted by Gasteiger charge is 2.33. The Balaban J connectivity index is 3.13. The van der Waals surface area contributed by atoms with Crippen molar-refractivity contribution in [3.63, 3.8) is 0 Å². The molecule has 18 heavy (non-hydrogen) atoms. The highest BCUT2D eigenvalue weighted by molar-refractivity contribution is 9.10. The van der Waals surface area contributed by atoms with Crippen LogP contribution in [0, 0.1) is 17.7 Å². The van der Waals surface area contributed by atoms with E-state index < -0.39 is 23.8 Å². The van der Waals surface area contributed by atoms with Crippen LogP contribution in [-0.4, -0.2) is 18.2 Å². The summed E-state index contributed by atoms with van der Waals surface area (Å²) in [6.45, 7) is 3.56. The number of aliphatic hydroxyl groups is 1. The van der Waals surface area contributed by atoms with E-state index in [1.807, 2.05) is 0 Å². The predicted molar refractivity (Wildman–Crippen MR) is 69.4 cm³/mol. The Morgan fingerprint density at radius 1 is 1.44 bits per heavy atom. The summed E-state index contributed by atoms with van der Waals surface area (Å²) in [6.07, 6.45) is -1.23. The fraction of sp³-hybridized carbons (Fsp3) is 0.462. The lowest BCUT2D eigenvalue weighted by molar-refractivity contribution is -0.152. The van der Waals surface area contributed by atoms with Gasteiger partial charge in [0, 0.05) is 10.0 Å². The van der Waals surface area contributed by atoms with Crippen LogP contribution in [0.3, 0.4) is 0 Å². The SMILES string of the molecule is COC(=O)C(C(C)C)C(O)c1cc(Br)ccc1F. The van der Waals surface area contributed by atoms with E-state index in [9.17, 15) is 14.3 Å². The molecule has 0 saturated heterocycles. The van der Waals surface area contributed by atoms with Crippen molar-refractivity contribution in [2.45, 2.75) is 20.0 Å². The fourth-order valence-electron chi connectivity index (χ4n) is 1.84. The monoisotopic (exact) mass is 318 g/mol. The number of benzene rings is 1. The first-order valence-electron chi connectivity index (χ1n) is 5.59. The number of hydrogen-bond acceptors (Lipinski definition) is 3. The van der Waals surface area contributed by atoms with Crippen LogP contribution in [0.25, 0.3) is 0 Å². The van der Waals surface area contributed by atoms with E-state index in [0.29, 0.717) is 4.47 Å². The van der Waals surface area contributed by atoms with Crippen LogP contribution in [0.4, 0.5) is 4.39 Å². The van der Waals surface area contributed by atoms with Gasteiger partial charge in [-0.15, -0.1) is 0 Å². The third kappa shape index (κ3) is 3.29. The molecule has 0 aliphatic carbocycles. The average molecular weight is 319 g/mol. The van der Waals surface area contributed by atoms with Crippen LogP contribution in [-0.2, 0) is 9.53 Å². The van der Waals surface area contributed by atoms with Crippen molar-refractivity contribution in [3.05, 3.63) is 34.1 Å². The molecule has 5 heteroatoms. The molecule has 0 saturated carbocycles. The second-order valence-electron chi connectivity index (χ2n) is 4.40. The van der Waals surface area contributed by atoms with Crippen molar-refractivity contribution in [1.29, 1.82) is 0 Å². The second kappa shape index (κ2) is 6.29. The lowest BCUT2D eigenvalue weighted by Gasteiger charge is -2.24. The van der Waals surface area contributed by atoms with Crippen LogP contribution in [0.2, 0.25) is 0 Å². The molecule has 0 bridgehead atoms. The predicted octanol–water partition coefficient (Wildman–Crippen LogP) is 3.07. The molecule has 0 aliphatic heterocycles. The van der Waals surface area contributed by atoms with Crippen molar-refractivity contribution in [2.24, 2.45) is 11.8 Å². The number of hydrogen-bond donors (Lipinski definition) is 1. The molecular formula is C13H16BrFO3. The van der Waals surface area contributed by atoms with Gasteiger partial charge in [-0.1, -0.05) is 29.8 Å². The highest BCUT2D eigenvalue weighted by Crippen LogP contribution is 2.32. The van der Waals surface area contributed by atoms with E-state index in [1.165, 1.54) is 25.3 Å². The summed E-state index contributed by atoms with van der Waals surface area (Å²) in [5.74, 6) is -2.04. The van der Waals surface area contributed by atoms with Gasteiger partial charge < -0.3 is 9.84 Å². The van der Waals surface area contributed by atoms with Crippen molar-refractivity contribution < 1.29 is 19.0 Å². The fourth-order valence-corrected chi connectivity index (χ4v) is 2.22. The Morgan fingerprint density at radius 3 is 2.56 bits per heavy atom. The molecular weight excluding hydrogens is 303 g/mol. The number of esters is 1. The van der Waals surface area contributed by atoms with Crippen molar-refractivity contribution in [3.8, 4) is 0 Å². The quantitative estimate of drug-likeness (QED) is 0.868. The minimum Gasteiger partial charge on any atom is -0.469 e. The van der Waals surface area contributed by atoms with Crippen molar-refractivity contribution in [1.82, 2.24) is 0 Å². The molecule has 0 aliphatic rings. The summed E-state index contributed by atoms with van der Waals surface area (Å²) in [6, 6.07) is 4.25. The Morgan fingerprint density at radius 2 is 2.06 bits per heavy atom. The van der Waals surface area contributed by atoms with E-state index >= 15 is 0 Å². The molecule has 0 radical (unpaired) electrons. The molecule has 100 valence electrons. The third-order valence-electron chi connectivity index (χ3n) is 2.81. The molecule has 1 aromatic rings. The van der Waals surface area contributed by atoms with E-state index in [0.717, 1.165) is 0 Å². The summed E-state index contributed by atoms with van der Waals surface area (Å²) in [5, 5.41) is 10.2. The van der Waals surface area contributed by atoms with Gasteiger partial charge in [0.05, 0.1) is 19.1 Å². The average Bonchev–Trinajstić information content (AvgIpc) is 2.31. The molecule has 0 spiro atoms. The Hall–Kier alpha value is -0.940. The Bertz CT molecular complexity index is 434. The zero-order valence-corrected chi connectivity index (χ0v) is 12.1. The summed E-state index contributed by atoms with van der Waals surface area (Å²) in [5.41, 5.74) is 0.0912. The minimum absolute atomic E-state index is 0.0912. The zero-order valence-electron chi connectivity index (χ0n) is 10.5. The maximum absolute atomic E-state index is 13.7. The summed E-state index contributed by atoms with van der Waals surface area (Å²) < 4.78 is 19.0. The van der Waals surface area contributed by atoms with Crippen LogP contribution < -0.4 is 0 Å². The van der Waals surface area contributed by atoms with Gasteiger partial charge >= 0.3 is 5.97 Å².